The molecule has 8 N–H and O–H groups in total. The van der Waals surface area contributed by atoms with Crippen LogP contribution in [0.3, 0.4) is 0 Å². The van der Waals surface area contributed by atoms with Crippen molar-refractivity contribution in [2.45, 2.75) is 0 Å². The quantitative estimate of drug-likeness (QED) is 0.0634. The highest BCUT2D eigenvalue weighted by Crippen LogP contribution is 2.21. The summed E-state index contributed by atoms with van der Waals surface area (Å²) in [4.78, 5) is 56.8. The van der Waals surface area contributed by atoms with Crippen LogP contribution in [0.4, 0.5) is 28.4 Å². The van der Waals surface area contributed by atoms with Crippen LogP contribution in [0.15, 0.2) is 78.0 Å². The summed E-state index contributed by atoms with van der Waals surface area (Å²) >= 11 is 6.97. The Balaban J connectivity index is 1.33. The third-order valence-corrected chi connectivity index (χ3v) is 7.74. The molecule has 0 fully saturated rings. The van der Waals surface area contributed by atoms with Gasteiger partial charge in [0.25, 0.3) is 17.7 Å². The molecule has 16 heteroatoms. The summed E-state index contributed by atoms with van der Waals surface area (Å²) in [6.45, 7) is 1.47. The molecule has 0 unspecified atom stereocenters. The van der Waals surface area contributed by atoms with Gasteiger partial charge in [-0.1, -0.05) is 31.9 Å². The van der Waals surface area contributed by atoms with Gasteiger partial charge in [-0.15, -0.1) is 0 Å². The average Bonchev–Trinajstić information content (AvgIpc) is 3.61. The number of guanidine groups is 1. The SMILES string of the molecule is Cn1cc(NC(=O)CN=C(N)N)cc1C(=O)Nc1ccc(C(=O)Nc2cc(C(=O)Nc3ccc(N(CCBr)CCBr)cc3)n(C)c2)cc1. The number of alkyl halides is 2. The first-order chi connectivity index (χ1) is 23.0. The second-order valence-corrected chi connectivity index (χ2v) is 12.2. The predicted molar refractivity (Wildman–Crippen MR) is 197 cm³/mol. The largest absolute Gasteiger partial charge is 0.370 e. The van der Waals surface area contributed by atoms with Gasteiger partial charge in [0.05, 0.1) is 11.4 Å². The number of nitrogens with zero attached hydrogens (tertiary/aromatic N) is 4. The van der Waals surface area contributed by atoms with Crippen LogP contribution in [-0.4, -0.2) is 69.0 Å². The zero-order chi connectivity index (χ0) is 34.8. The van der Waals surface area contributed by atoms with Gasteiger partial charge >= 0.3 is 0 Å². The Bertz CT molecular complexity index is 1790. The van der Waals surface area contributed by atoms with E-state index in [9.17, 15) is 19.2 Å². The fraction of sp³-hybridized carbons (Fsp3) is 0.219. The number of aliphatic imine (C=N–C) groups is 1. The number of nitrogens with two attached hydrogens (primary N) is 2. The van der Waals surface area contributed by atoms with Gasteiger partial charge in [0.15, 0.2) is 5.96 Å². The second-order valence-electron chi connectivity index (χ2n) is 10.6. The molecule has 2 heterocycles. The van der Waals surface area contributed by atoms with Crippen molar-refractivity contribution in [2.24, 2.45) is 30.6 Å². The Morgan fingerprint density at radius 2 is 1.15 bits per heavy atom. The zero-order valence-electron chi connectivity index (χ0n) is 26.3. The lowest BCUT2D eigenvalue weighted by Crippen LogP contribution is -2.27. The molecule has 0 spiro atoms. The topological polar surface area (TPSA) is 194 Å². The van der Waals surface area contributed by atoms with E-state index in [0.29, 0.717) is 34.0 Å². The smallest absolute Gasteiger partial charge is 0.272 e. The first-order valence-electron chi connectivity index (χ1n) is 14.7. The molecular formula is C32H36Br2N10O4. The normalized spacial score (nSPS) is 10.6. The van der Waals surface area contributed by atoms with Gasteiger partial charge in [-0.2, -0.15) is 0 Å². The van der Waals surface area contributed by atoms with E-state index < -0.39 is 11.8 Å². The van der Waals surface area contributed by atoms with E-state index in [4.69, 9.17) is 11.5 Å². The molecule has 0 aliphatic carbocycles. The Kier molecular flexibility index (Phi) is 12.4. The van der Waals surface area contributed by atoms with Gasteiger partial charge in [-0.05, 0) is 60.7 Å². The molecule has 0 saturated carbocycles. The van der Waals surface area contributed by atoms with Crippen LogP contribution < -0.4 is 37.6 Å². The van der Waals surface area contributed by atoms with Crippen molar-refractivity contribution in [1.82, 2.24) is 9.13 Å². The van der Waals surface area contributed by atoms with Crippen LogP contribution in [0.5, 0.6) is 0 Å². The van der Waals surface area contributed by atoms with Crippen molar-refractivity contribution in [3.63, 3.8) is 0 Å². The number of hydrogen-bond donors (Lipinski definition) is 6. The van der Waals surface area contributed by atoms with E-state index in [2.05, 4.69) is 63.0 Å². The number of amides is 4. The van der Waals surface area contributed by atoms with Crippen molar-refractivity contribution >= 4 is 89.9 Å². The Morgan fingerprint density at radius 1 is 0.688 bits per heavy atom. The number of benzene rings is 2. The lowest BCUT2D eigenvalue weighted by molar-refractivity contribution is -0.114. The number of anilines is 5. The summed E-state index contributed by atoms with van der Waals surface area (Å²) in [5, 5.41) is 12.8. The van der Waals surface area contributed by atoms with Crippen LogP contribution in [0.1, 0.15) is 31.3 Å². The van der Waals surface area contributed by atoms with Gasteiger partial charge in [-0.25, -0.2) is 4.99 Å². The highest BCUT2D eigenvalue weighted by molar-refractivity contribution is 9.09. The fourth-order valence-electron chi connectivity index (χ4n) is 4.71. The number of carbonyl (C=O) groups is 4. The molecule has 14 nitrogen and oxygen atoms in total. The molecule has 4 rings (SSSR count). The van der Waals surface area contributed by atoms with Gasteiger partial charge in [0.1, 0.15) is 17.9 Å². The third-order valence-electron chi connectivity index (χ3n) is 7.03. The molecule has 4 amide bonds. The maximum Gasteiger partial charge on any atom is 0.272 e. The molecule has 2 aromatic carbocycles. The minimum Gasteiger partial charge on any atom is -0.370 e. The molecule has 0 bridgehead atoms. The summed E-state index contributed by atoms with van der Waals surface area (Å²) in [6.07, 6.45) is 3.23. The Hall–Kier alpha value is -5.09. The number of halogens is 2. The highest BCUT2D eigenvalue weighted by atomic mass is 79.9. The van der Waals surface area contributed by atoms with E-state index in [1.807, 2.05) is 24.3 Å². The van der Waals surface area contributed by atoms with Crippen molar-refractivity contribution in [2.75, 3.05) is 56.5 Å². The molecule has 0 aliphatic heterocycles. The van der Waals surface area contributed by atoms with Crippen LogP contribution in [0, 0.1) is 0 Å². The molecule has 252 valence electrons. The molecule has 0 aliphatic rings. The molecule has 2 aromatic heterocycles. The standard InChI is InChI=1S/C32H36Br2N10O4/c1-42-18-23(38-28(45)17-37-32(35)36)15-26(42)30(47)39-21-5-3-20(4-6-21)29(46)41-24-16-27(43(2)19-24)31(48)40-22-7-9-25(10-8-22)44(13-11-33)14-12-34/h3-10,15-16,18-19H,11-14,17H2,1-2H3,(H,38,45)(H,39,47)(H,40,48)(H,41,46)(H4,35,36,37). The first kappa shape index (κ1) is 35.8. The van der Waals surface area contributed by atoms with Gasteiger partial charge < -0.3 is 46.8 Å². The summed E-state index contributed by atoms with van der Waals surface area (Å²) < 4.78 is 3.19. The molecule has 0 atom stereocenters. The van der Waals surface area contributed by atoms with Crippen LogP contribution in [0.2, 0.25) is 0 Å². The number of aryl methyl sites for hydroxylation is 2. The number of nitrogens with one attached hydrogen (secondary N) is 4. The van der Waals surface area contributed by atoms with Gasteiger partial charge in [-0.3, -0.25) is 19.2 Å². The number of aromatic nitrogens is 2. The Labute approximate surface area is 294 Å². The van der Waals surface area contributed by atoms with E-state index >= 15 is 0 Å². The summed E-state index contributed by atoms with van der Waals surface area (Å²) in [5.74, 6) is -1.77. The lowest BCUT2D eigenvalue weighted by atomic mass is 10.2. The zero-order valence-corrected chi connectivity index (χ0v) is 29.5. The molecule has 48 heavy (non-hydrogen) atoms. The van der Waals surface area contributed by atoms with Crippen molar-refractivity contribution < 1.29 is 19.2 Å². The van der Waals surface area contributed by atoms with Crippen molar-refractivity contribution in [3.8, 4) is 0 Å². The van der Waals surface area contributed by atoms with Crippen LogP contribution in [0.25, 0.3) is 0 Å². The minimum atomic E-state index is -0.440. The fourth-order valence-corrected chi connectivity index (χ4v) is 5.57. The van der Waals surface area contributed by atoms with Crippen molar-refractivity contribution in [3.05, 3.63) is 90.0 Å². The maximum atomic E-state index is 13.0. The third kappa shape index (κ3) is 9.71. The van der Waals surface area contributed by atoms with Crippen LogP contribution >= 0.6 is 31.9 Å². The second kappa shape index (κ2) is 16.6. The molecular weight excluding hydrogens is 748 g/mol. The lowest BCUT2D eigenvalue weighted by Gasteiger charge is -2.23. The Morgan fingerprint density at radius 3 is 1.62 bits per heavy atom. The monoisotopic (exact) mass is 782 g/mol. The van der Waals surface area contributed by atoms with Gasteiger partial charge in [0.2, 0.25) is 5.91 Å². The van der Waals surface area contributed by atoms with E-state index in [0.717, 1.165) is 29.4 Å². The number of rotatable bonds is 14. The van der Waals surface area contributed by atoms with Crippen molar-refractivity contribution in [1.29, 1.82) is 0 Å². The summed E-state index contributed by atoms with van der Waals surface area (Å²) in [7, 11) is 3.39. The van der Waals surface area contributed by atoms with E-state index in [1.54, 1.807) is 66.0 Å². The summed E-state index contributed by atoms with van der Waals surface area (Å²) in [6, 6.07) is 17.1. The highest BCUT2D eigenvalue weighted by Gasteiger charge is 2.17. The minimum absolute atomic E-state index is 0.201. The predicted octanol–water partition coefficient (Wildman–Crippen LogP) is 3.93. The van der Waals surface area contributed by atoms with Crippen LogP contribution in [-0.2, 0) is 18.9 Å². The first-order valence-corrected chi connectivity index (χ1v) is 16.9. The van der Waals surface area contributed by atoms with E-state index in [1.165, 1.54) is 6.07 Å². The average molecular weight is 785 g/mol. The molecule has 0 saturated heterocycles. The number of hydrogen-bond acceptors (Lipinski definition) is 6. The molecule has 4 aromatic rings. The van der Waals surface area contributed by atoms with E-state index in [-0.39, 0.29) is 30.0 Å². The molecule has 0 radical (unpaired) electrons. The summed E-state index contributed by atoms with van der Waals surface area (Å²) in [5.41, 5.74) is 14.5. The maximum absolute atomic E-state index is 13.0. The van der Waals surface area contributed by atoms with Gasteiger partial charge in [0, 0.05) is 72.9 Å². The number of carbonyl (C=O) groups excluding carboxylic acids is 4.